The summed E-state index contributed by atoms with van der Waals surface area (Å²) in [6.07, 6.45) is 0.777. The van der Waals surface area contributed by atoms with Gasteiger partial charge in [-0.2, -0.15) is 0 Å². The number of rotatable bonds is 10. The Hall–Kier alpha value is -3.14. The second-order valence-electron chi connectivity index (χ2n) is 9.19. The van der Waals surface area contributed by atoms with Crippen LogP contribution in [0.25, 0.3) is 0 Å². The Morgan fingerprint density at radius 1 is 0.676 bits per heavy atom. The van der Waals surface area contributed by atoms with Crippen LogP contribution in [-0.4, -0.2) is 24.8 Å². The molecule has 2 aromatic carbocycles. The Morgan fingerprint density at radius 2 is 1.00 bits per heavy atom. The molecule has 0 fully saturated rings. The summed E-state index contributed by atoms with van der Waals surface area (Å²) in [5.74, 6) is 1.72. The van der Waals surface area contributed by atoms with E-state index >= 15 is 0 Å². The molecule has 0 aliphatic rings. The Kier molecular flexibility index (Phi) is 19.4. The first-order chi connectivity index (χ1) is 17.4. The first-order valence-corrected chi connectivity index (χ1v) is 13.2. The van der Waals surface area contributed by atoms with Crippen molar-refractivity contribution in [2.45, 2.75) is 87.5 Å². The molecule has 206 valence electrons. The number of ketones is 2. The molecule has 0 saturated heterocycles. The lowest BCUT2D eigenvalue weighted by Gasteiger charge is -2.19. The lowest BCUT2D eigenvalue weighted by atomic mass is 9.87. The molecule has 2 rings (SSSR count). The van der Waals surface area contributed by atoms with Crippen molar-refractivity contribution in [2.75, 3.05) is 13.2 Å². The fourth-order valence-corrected chi connectivity index (χ4v) is 2.64. The van der Waals surface area contributed by atoms with Gasteiger partial charge >= 0.3 is 0 Å². The smallest absolute Gasteiger partial charge is 0.161 e. The van der Waals surface area contributed by atoms with E-state index in [-0.39, 0.29) is 17.0 Å². The van der Waals surface area contributed by atoms with Gasteiger partial charge in [0.2, 0.25) is 0 Å². The molecule has 0 aromatic heterocycles. The minimum atomic E-state index is 0.0568. The molecule has 0 atom stereocenters. The van der Waals surface area contributed by atoms with Gasteiger partial charge < -0.3 is 9.47 Å². The van der Waals surface area contributed by atoms with Gasteiger partial charge in [-0.1, -0.05) is 91.5 Å². The van der Waals surface area contributed by atoms with E-state index in [2.05, 4.69) is 46.1 Å². The van der Waals surface area contributed by atoms with E-state index in [9.17, 15) is 9.59 Å². The predicted molar refractivity (Wildman–Crippen MR) is 159 cm³/mol. The molecule has 4 heteroatoms. The fraction of sp³-hybridized carbons (Fsp3) is 0.455. The molecule has 0 radical (unpaired) electrons. The van der Waals surface area contributed by atoms with Crippen LogP contribution >= 0.6 is 0 Å². The molecule has 0 saturated carbocycles. The van der Waals surface area contributed by atoms with Crippen molar-refractivity contribution in [1.29, 1.82) is 0 Å². The molecule has 0 unspecified atom stereocenters. The van der Waals surface area contributed by atoms with Crippen molar-refractivity contribution < 1.29 is 19.1 Å². The second kappa shape index (κ2) is 20.0. The van der Waals surface area contributed by atoms with Gasteiger partial charge in [0, 0.05) is 12.8 Å². The molecular weight excluding hydrogens is 460 g/mol. The van der Waals surface area contributed by atoms with Crippen molar-refractivity contribution in [3.8, 4) is 11.5 Å². The number of aryl methyl sites for hydroxylation is 1. The summed E-state index contributed by atoms with van der Waals surface area (Å²) in [5.41, 5.74) is 3.78. The number of hydrogen-bond acceptors (Lipinski definition) is 4. The normalized spacial score (nSPS) is 9.68. The number of carbonyl (C=O) groups is 2. The Morgan fingerprint density at radius 3 is 1.30 bits per heavy atom. The summed E-state index contributed by atoms with van der Waals surface area (Å²) < 4.78 is 11.0. The fourth-order valence-electron chi connectivity index (χ4n) is 2.64. The molecule has 2 aromatic rings. The van der Waals surface area contributed by atoms with Crippen LogP contribution in [0.4, 0.5) is 0 Å². The van der Waals surface area contributed by atoms with Gasteiger partial charge in [-0.25, -0.2) is 0 Å². The number of Topliss-reactive ketones (excluding diaryl/α,β-unsaturated/α-hetero) is 2. The van der Waals surface area contributed by atoms with Crippen LogP contribution in [0.2, 0.25) is 0 Å². The lowest BCUT2D eigenvalue weighted by Crippen LogP contribution is -2.11. The van der Waals surface area contributed by atoms with Gasteiger partial charge in [-0.3, -0.25) is 9.59 Å². The van der Waals surface area contributed by atoms with Crippen LogP contribution in [0.3, 0.4) is 0 Å². The van der Waals surface area contributed by atoms with E-state index in [1.165, 1.54) is 11.1 Å². The van der Waals surface area contributed by atoms with Crippen molar-refractivity contribution in [2.24, 2.45) is 0 Å². The van der Waals surface area contributed by atoms with Crippen molar-refractivity contribution in [3.05, 3.63) is 84.0 Å². The monoisotopic (exact) mass is 510 g/mol. The Bertz CT molecular complexity index is 930. The van der Waals surface area contributed by atoms with Gasteiger partial charge in [-0.15, -0.1) is 0 Å². The molecule has 0 aliphatic carbocycles. The highest BCUT2D eigenvalue weighted by atomic mass is 16.5. The molecular formula is C33H50O4. The topological polar surface area (TPSA) is 52.6 Å². The number of ether oxygens (including phenoxy) is 2. The molecule has 0 bridgehead atoms. The van der Waals surface area contributed by atoms with E-state index in [4.69, 9.17) is 9.47 Å². The number of carbonyl (C=O) groups excluding carboxylic acids is 2. The zero-order chi connectivity index (χ0) is 29.0. The van der Waals surface area contributed by atoms with E-state index < -0.39 is 0 Å². The third-order valence-corrected chi connectivity index (χ3v) is 4.89. The van der Waals surface area contributed by atoms with Crippen LogP contribution in [0.15, 0.2) is 72.8 Å². The highest BCUT2D eigenvalue weighted by Crippen LogP contribution is 2.24. The molecule has 0 aliphatic heterocycles. The van der Waals surface area contributed by atoms with Crippen LogP contribution in [0.1, 0.15) is 86.3 Å². The van der Waals surface area contributed by atoms with Gasteiger partial charge in [-0.05, 0) is 67.2 Å². The van der Waals surface area contributed by atoms with Crippen LogP contribution in [0, 0.1) is 6.92 Å². The minimum Gasteiger partial charge on any atom is -0.493 e. The zero-order valence-electron chi connectivity index (χ0n) is 25.0. The van der Waals surface area contributed by atoms with Gasteiger partial charge in [0.25, 0.3) is 0 Å². The first kappa shape index (κ1) is 36.0. The summed E-state index contributed by atoms with van der Waals surface area (Å²) in [6, 6.07) is 15.8. The van der Waals surface area contributed by atoms with Gasteiger partial charge in [0.1, 0.15) is 11.5 Å². The average molecular weight is 511 g/mol. The molecule has 0 amide bonds. The highest BCUT2D eigenvalue weighted by molar-refractivity contribution is 5.94. The molecule has 0 spiro atoms. The lowest BCUT2D eigenvalue weighted by molar-refractivity contribution is -0.116. The maximum absolute atomic E-state index is 11.3. The van der Waals surface area contributed by atoms with Gasteiger partial charge in [0.15, 0.2) is 11.6 Å². The summed E-state index contributed by atoms with van der Waals surface area (Å²) in [6.45, 7) is 28.0. The predicted octanol–water partition coefficient (Wildman–Crippen LogP) is 8.86. The van der Waals surface area contributed by atoms with Gasteiger partial charge in [0.05, 0.1) is 13.2 Å². The summed E-state index contributed by atoms with van der Waals surface area (Å²) >= 11 is 0. The van der Waals surface area contributed by atoms with Crippen molar-refractivity contribution >= 4 is 11.6 Å². The largest absolute Gasteiger partial charge is 0.493 e. The highest BCUT2D eigenvalue weighted by Gasteiger charge is 2.13. The van der Waals surface area contributed by atoms with Crippen molar-refractivity contribution in [1.82, 2.24) is 0 Å². The molecule has 0 heterocycles. The Labute approximate surface area is 226 Å². The number of allylic oxidation sites excluding steroid dienone is 2. The summed E-state index contributed by atoms with van der Waals surface area (Å²) in [4.78, 5) is 22.5. The van der Waals surface area contributed by atoms with E-state index in [1.807, 2.05) is 71.0 Å². The number of benzene rings is 2. The quantitative estimate of drug-likeness (QED) is 0.300. The SMILES string of the molecule is C=C(C)C(=O)CCOc1ccc(C(C)(C)C)cc1.C=C(C)C(=O)CCOc1ccc(C)cc1.CC.CC. The number of hydrogen-bond donors (Lipinski definition) is 0. The standard InChI is InChI=1S/C16H22O2.C13H16O2.2C2H6/c1-12(2)15(17)10-11-18-14-8-6-13(7-9-14)16(3,4)5;1-10(2)13(14)8-9-15-12-6-4-11(3)5-7-12;2*1-2/h6-9H,1,10-11H2,2-5H3;4-7H,1,8-9H2,2-3H3;2*1-2H3. The summed E-state index contributed by atoms with van der Waals surface area (Å²) in [7, 11) is 0. The molecule has 4 nitrogen and oxygen atoms in total. The van der Waals surface area contributed by atoms with Crippen molar-refractivity contribution in [3.63, 3.8) is 0 Å². The minimum absolute atomic E-state index is 0.0568. The first-order valence-electron chi connectivity index (χ1n) is 13.2. The third kappa shape index (κ3) is 17.0. The molecule has 0 N–H and O–H groups in total. The second-order valence-corrected chi connectivity index (χ2v) is 9.19. The maximum atomic E-state index is 11.3. The van der Waals surface area contributed by atoms with Crippen LogP contribution < -0.4 is 9.47 Å². The molecule has 37 heavy (non-hydrogen) atoms. The average Bonchev–Trinajstić information content (AvgIpc) is 2.87. The van der Waals surface area contributed by atoms with E-state index in [0.717, 1.165) is 11.5 Å². The maximum Gasteiger partial charge on any atom is 0.161 e. The zero-order valence-corrected chi connectivity index (χ0v) is 25.0. The van der Waals surface area contributed by atoms with E-state index in [0.29, 0.717) is 37.2 Å². The Balaban J connectivity index is 0. The summed E-state index contributed by atoms with van der Waals surface area (Å²) in [5, 5.41) is 0. The third-order valence-electron chi connectivity index (χ3n) is 4.89. The van der Waals surface area contributed by atoms with Crippen LogP contribution in [-0.2, 0) is 15.0 Å². The van der Waals surface area contributed by atoms with Crippen LogP contribution in [0.5, 0.6) is 11.5 Å². The van der Waals surface area contributed by atoms with E-state index in [1.54, 1.807) is 13.8 Å².